The Labute approximate surface area is 96.4 Å². The monoisotopic (exact) mass is 255 g/mol. The third-order valence-corrected chi connectivity index (χ3v) is 2.83. The van der Waals surface area contributed by atoms with Crippen LogP contribution in [0.1, 0.15) is 16.2 Å². The van der Waals surface area contributed by atoms with Crippen LogP contribution in [0.4, 0.5) is 0 Å². The van der Waals surface area contributed by atoms with Crippen LogP contribution in [0.3, 0.4) is 0 Å². The highest BCUT2D eigenvalue weighted by molar-refractivity contribution is 7.89. The minimum Gasteiger partial charge on any atom is -0.478 e. The number of carboxylic acids is 1. The number of nitrogens with one attached hydrogen (secondary N) is 1. The first-order valence-electron chi connectivity index (χ1n) is 4.61. The number of hydrogen-bond donors (Lipinski definition) is 2. The maximum Gasteiger partial charge on any atom is 0.337 e. The summed E-state index contributed by atoms with van der Waals surface area (Å²) in [5.41, 5.74) is 0.726. The number of H-pyrrole nitrogens is 1. The molecule has 0 aromatic carbocycles. The quantitative estimate of drug-likeness (QED) is 0.810. The molecule has 90 valence electrons. The second-order valence-corrected chi connectivity index (χ2v) is 5.79. The van der Waals surface area contributed by atoms with Crippen molar-refractivity contribution < 1.29 is 18.3 Å². The lowest BCUT2D eigenvalue weighted by molar-refractivity contribution is 0.0696. The predicted octanol–water partition coefficient (Wildman–Crippen LogP) is 0.201. The Morgan fingerprint density at radius 2 is 2.24 bits per heavy atom. The van der Waals surface area contributed by atoms with E-state index in [-0.39, 0.29) is 17.1 Å². The number of aromatic carboxylic acids is 1. The summed E-state index contributed by atoms with van der Waals surface area (Å²) < 4.78 is 22.2. The molecule has 0 unspecified atom stereocenters. The van der Waals surface area contributed by atoms with Crippen LogP contribution >= 0.6 is 0 Å². The van der Waals surface area contributed by atoms with Gasteiger partial charge in [-0.2, -0.15) is 0 Å². The normalized spacial score (nSPS) is 11.8. The molecule has 17 heavy (non-hydrogen) atoms. The van der Waals surface area contributed by atoms with E-state index in [1.807, 2.05) is 0 Å². The van der Waals surface area contributed by atoms with Gasteiger partial charge in [0.25, 0.3) is 0 Å². The first-order chi connectivity index (χ1) is 7.85. The van der Waals surface area contributed by atoms with Gasteiger partial charge in [0.2, 0.25) is 0 Å². The number of nitrogens with zero attached hydrogens (tertiary/aromatic N) is 2. The predicted molar refractivity (Wildman–Crippen MR) is 59.4 cm³/mol. The highest BCUT2D eigenvalue weighted by Gasteiger charge is 2.12. The van der Waals surface area contributed by atoms with Gasteiger partial charge in [-0.1, -0.05) is 0 Å². The van der Waals surface area contributed by atoms with Gasteiger partial charge in [-0.25, -0.2) is 23.2 Å². The number of fused-ring (bicyclic) bond motifs is 1. The van der Waals surface area contributed by atoms with Gasteiger partial charge in [0.15, 0.2) is 15.5 Å². The standard InChI is InChI=1S/C9H9N3O4S/c1-17(15,16)4-7-11-6-2-5(9(13)14)3-10-8(6)12-7/h2-3H,4H2,1H3,(H,13,14)(H,10,11,12). The van der Waals surface area contributed by atoms with Crippen LogP contribution in [0.15, 0.2) is 12.3 Å². The smallest absolute Gasteiger partial charge is 0.337 e. The molecule has 0 fully saturated rings. The van der Waals surface area contributed by atoms with Crippen molar-refractivity contribution in [2.24, 2.45) is 0 Å². The lowest BCUT2D eigenvalue weighted by Crippen LogP contribution is -2.01. The zero-order valence-corrected chi connectivity index (χ0v) is 9.65. The molecular formula is C9H9N3O4S. The Morgan fingerprint density at radius 1 is 1.53 bits per heavy atom. The molecule has 7 nitrogen and oxygen atoms in total. The van der Waals surface area contributed by atoms with E-state index in [4.69, 9.17) is 5.11 Å². The van der Waals surface area contributed by atoms with Crippen LogP contribution in [0, 0.1) is 0 Å². The van der Waals surface area contributed by atoms with Crippen LogP contribution in [0.5, 0.6) is 0 Å². The fourth-order valence-corrected chi connectivity index (χ4v) is 2.02. The van der Waals surface area contributed by atoms with Crippen LogP contribution in [-0.4, -0.2) is 40.7 Å². The largest absolute Gasteiger partial charge is 0.478 e. The molecule has 0 amide bonds. The number of hydrogen-bond acceptors (Lipinski definition) is 5. The topological polar surface area (TPSA) is 113 Å². The van der Waals surface area contributed by atoms with E-state index in [2.05, 4.69) is 15.0 Å². The number of imidazole rings is 1. The fraction of sp³-hybridized carbons (Fsp3) is 0.222. The first kappa shape index (κ1) is 11.5. The van der Waals surface area contributed by atoms with E-state index in [0.717, 1.165) is 6.26 Å². The number of pyridine rings is 1. The van der Waals surface area contributed by atoms with Crippen molar-refractivity contribution in [2.75, 3.05) is 6.26 Å². The summed E-state index contributed by atoms with van der Waals surface area (Å²) in [5, 5.41) is 8.77. The second kappa shape index (κ2) is 3.81. The SMILES string of the molecule is CS(=O)(=O)Cc1nc2ncc(C(=O)O)cc2[nH]1. The Kier molecular flexibility index (Phi) is 2.58. The van der Waals surface area contributed by atoms with Crippen LogP contribution < -0.4 is 0 Å². The molecule has 0 aliphatic heterocycles. The highest BCUT2D eigenvalue weighted by atomic mass is 32.2. The Balaban J connectivity index is 2.47. The number of rotatable bonds is 3. The molecule has 2 aromatic rings. The summed E-state index contributed by atoms with van der Waals surface area (Å²) in [6.07, 6.45) is 2.27. The molecule has 0 spiro atoms. The maximum atomic E-state index is 11.1. The molecule has 2 N–H and O–H groups in total. The minimum atomic E-state index is -3.19. The van der Waals surface area contributed by atoms with Crippen LogP contribution in [0.2, 0.25) is 0 Å². The molecule has 0 saturated heterocycles. The number of aromatic amines is 1. The Hall–Kier alpha value is -1.96. The van der Waals surface area contributed by atoms with E-state index >= 15 is 0 Å². The van der Waals surface area contributed by atoms with Gasteiger partial charge in [0.1, 0.15) is 11.6 Å². The average Bonchev–Trinajstić information content (AvgIpc) is 2.54. The molecular weight excluding hydrogens is 246 g/mol. The van der Waals surface area contributed by atoms with Crippen molar-refractivity contribution >= 4 is 27.0 Å². The van der Waals surface area contributed by atoms with Crippen molar-refractivity contribution in [1.82, 2.24) is 15.0 Å². The zero-order valence-electron chi connectivity index (χ0n) is 8.84. The van der Waals surface area contributed by atoms with Gasteiger partial charge < -0.3 is 10.1 Å². The average molecular weight is 255 g/mol. The van der Waals surface area contributed by atoms with Gasteiger partial charge >= 0.3 is 5.97 Å². The fourth-order valence-electron chi connectivity index (χ4n) is 1.38. The number of aromatic nitrogens is 3. The molecule has 0 aliphatic rings. The van der Waals surface area contributed by atoms with Gasteiger partial charge in [-0.3, -0.25) is 0 Å². The number of carboxylic acid groups (broad SMARTS) is 1. The maximum absolute atomic E-state index is 11.1. The molecule has 0 saturated carbocycles. The van der Waals surface area contributed by atoms with Crippen LogP contribution in [0.25, 0.3) is 11.2 Å². The molecule has 8 heteroatoms. The van der Waals surface area contributed by atoms with Crippen molar-refractivity contribution in [3.05, 3.63) is 23.7 Å². The second-order valence-electron chi connectivity index (χ2n) is 3.65. The summed E-state index contributed by atoms with van der Waals surface area (Å²) in [5.74, 6) is -1.08. The van der Waals surface area contributed by atoms with E-state index < -0.39 is 15.8 Å². The van der Waals surface area contributed by atoms with Crippen molar-refractivity contribution in [3.8, 4) is 0 Å². The van der Waals surface area contributed by atoms with E-state index in [9.17, 15) is 13.2 Å². The summed E-state index contributed by atoms with van der Waals surface area (Å²) in [6.45, 7) is 0. The third kappa shape index (κ3) is 2.59. The summed E-state index contributed by atoms with van der Waals surface area (Å²) in [6, 6.07) is 1.36. The van der Waals surface area contributed by atoms with Crippen molar-refractivity contribution in [1.29, 1.82) is 0 Å². The van der Waals surface area contributed by atoms with Gasteiger partial charge in [-0.15, -0.1) is 0 Å². The third-order valence-electron chi connectivity index (χ3n) is 2.03. The van der Waals surface area contributed by atoms with E-state index in [1.165, 1.54) is 12.3 Å². The first-order valence-corrected chi connectivity index (χ1v) is 6.67. The van der Waals surface area contributed by atoms with E-state index in [0.29, 0.717) is 11.2 Å². The van der Waals surface area contributed by atoms with Crippen molar-refractivity contribution in [3.63, 3.8) is 0 Å². The molecule has 0 bridgehead atoms. The Morgan fingerprint density at radius 3 is 2.82 bits per heavy atom. The summed E-state index contributed by atoms with van der Waals surface area (Å²) in [7, 11) is -3.19. The molecule has 2 rings (SSSR count). The summed E-state index contributed by atoms with van der Waals surface area (Å²) >= 11 is 0. The Bertz CT molecular complexity index is 689. The lowest BCUT2D eigenvalue weighted by atomic mass is 10.3. The molecule has 0 atom stereocenters. The zero-order chi connectivity index (χ0) is 12.6. The summed E-state index contributed by atoms with van der Waals surface area (Å²) in [4.78, 5) is 21.2. The van der Waals surface area contributed by atoms with Crippen LogP contribution in [-0.2, 0) is 15.6 Å². The number of carbonyl (C=O) groups is 1. The lowest BCUT2D eigenvalue weighted by Gasteiger charge is -1.92. The molecule has 0 aliphatic carbocycles. The van der Waals surface area contributed by atoms with Gasteiger partial charge in [0.05, 0.1) is 11.1 Å². The minimum absolute atomic E-state index is 0.0204. The molecule has 2 heterocycles. The molecule has 0 radical (unpaired) electrons. The van der Waals surface area contributed by atoms with Gasteiger partial charge in [0, 0.05) is 12.5 Å². The molecule has 2 aromatic heterocycles. The highest BCUT2D eigenvalue weighted by Crippen LogP contribution is 2.12. The van der Waals surface area contributed by atoms with E-state index in [1.54, 1.807) is 0 Å². The van der Waals surface area contributed by atoms with Gasteiger partial charge in [-0.05, 0) is 6.07 Å². The number of sulfone groups is 1. The van der Waals surface area contributed by atoms with Crippen molar-refractivity contribution in [2.45, 2.75) is 5.75 Å².